The van der Waals surface area contributed by atoms with Gasteiger partial charge in [0.25, 0.3) is 0 Å². The Bertz CT molecular complexity index is 984. The van der Waals surface area contributed by atoms with Gasteiger partial charge >= 0.3 is 18.0 Å². The van der Waals surface area contributed by atoms with Gasteiger partial charge in [0.1, 0.15) is 6.04 Å². The third-order valence-electron chi connectivity index (χ3n) is 5.37. The number of nitrogens with zero attached hydrogens (tertiary/aromatic N) is 2. The second kappa shape index (κ2) is 8.66. The van der Waals surface area contributed by atoms with Crippen molar-refractivity contribution in [1.82, 2.24) is 4.90 Å². The summed E-state index contributed by atoms with van der Waals surface area (Å²) < 4.78 is 4.93. The first-order chi connectivity index (χ1) is 14.4. The number of hydrogen-bond donors (Lipinski definition) is 2. The number of amides is 2. The van der Waals surface area contributed by atoms with Gasteiger partial charge in [0.15, 0.2) is 0 Å². The molecule has 0 aliphatic carbocycles. The van der Waals surface area contributed by atoms with Crippen LogP contribution in [0.5, 0.6) is 0 Å². The molecule has 8 heteroatoms. The van der Waals surface area contributed by atoms with Gasteiger partial charge in [0.2, 0.25) is 0 Å². The fourth-order valence-corrected chi connectivity index (χ4v) is 3.99. The number of nitriles is 1. The summed E-state index contributed by atoms with van der Waals surface area (Å²) in [5.41, 5.74) is 1.46. The van der Waals surface area contributed by atoms with Crippen LogP contribution in [0.2, 0.25) is 0 Å². The highest BCUT2D eigenvalue weighted by Gasteiger charge is 2.56. The van der Waals surface area contributed by atoms with Gasteiger partial charge in [-0.2, -0.15) is 5.26 Å². The maximum absolute atomic E-state index is 13.2. The number of hydrogen-bond acceptors (Lipinski definition) is 5. The Morgan fingerprint density at radius 1 is 1.10 bits per heavy atom. The number of aliphatic carboxylic acids is 1. The Morgan fingerprint density at radius 3 is 2.27 bits per heavy atom. The molecule has 0 bridgehead atoms. The number of nitrogens with one attached hydrogen (secondary N) is 1. The Labute approximate surface area is 173 Å². The molecular formula is C22H21N3O5. The number of anilines is 1. The molecule has 4 atom stereocenters. The van der Waals surface area contributed by atoms with Gasteiger partial charge in [-0.05, 0) is 29.8 Å². The zero-order valence-electron chi connectivity index (χ0n) is 16.5. The lowest BCUT2D eigenvalue weighted by molar-refractivity contribution is -0.147. The first-order valence-corrected chi connectivity index (χ1v) is 9.34. The monoisotopic (exact) mass is 407 g/mol. The average molecular weight is 407 g/mol. The number of ether oxygens (including phenoxy) is 1. The molecule has 8 nitrogen and oxygen atoms in total. The van der Waals surface area contributed by atoms with Crippen LogP contribution in [0, 0.1) is 23.2 Å². The molecule has 0 radical (unpaired) electrons. The molecule has 2 N–H and O–H groups in total. The van der Waals surface area contributed by atoms with E-state index in [1.807, 2.05) is 6.07 Å². The fraction of sp³-hybridized carbons (Fsp3) is 0.273. The minimum absolute atomic E-state index is 0.412. The van der Waals surface area contributed by atoms with Crippen LogP contribution in [0.3, 0.4) is 0 Å². The van der Waals surface area contributed by atoms with E-state index < -0.39 is 41.9 Å². The van der Waals surface area contributed by atoms with Crippen LogP contribution in [0.1, 0.15) is 24.1 Å². The maximum Gasteiger partial charge on any atom is 0.326 e. The predicted molar refractivity (Wildman–Crippen MR) is 107 cm³/mol. The van der Waals surface area contributed by atoms with Crippen LogP contribution in [0.15, 0.2) is 54.6 Å². The third kappa shape index (κ3) is 3.82. The van der Waals surface area contributed by atoms with Crippen LogP contribution in [-0.4, -0.2) is 41.1 Å². The number of rotatable bonds is 4. The summed E-state index contributed by atoms with van der Waals surface area (Å²) in [5.74, 6) is -3.39. The van der Waals surface area contributed by atoms with Gasteiger partial charge < -0.3 is 20.1 Å². The van der Waals surface area contributed by atoms with E-state index in [9.17, 15) is 19.5 Å². The molecule has 1 aliphatic rings. The standard InChI is InChI=1S/C22H21N3O5/c1-13-17(21(28)30-2)19(15-10-8-14(12-23)9-11-15)25(18(13)20(26)27)22(29)24-16-6-4-3-5-7-16/h3-11,13,17-19H,1-2H3,(H,24,29)(H,26,27). The number of carboxylic acid groups (broad SMARTS) is 1. The molecule has 2 aromatic carbocycles. The summed E-state index contributed by atoms with van der Waals surface area (Å²) in [6.07, 6.45) is 0. The lowest BCUT2D eigenvalue weighted by atomic mass is 9.85. The number of para-hydroxylation sites is 1. The Hall–Kier alpha value is -3.86. The number of benzene rings is 2. The number of carboxylic acids is 1. The lowest BCUT2D eigenvalue weighted by Crippen LogP contribution is -2.45. The number of carbonyl (C=O) groups is 3. The van der Waals surface area contributed by atoms with Gasteiger partial charge in [-0.1, -0.05) is 37.3 Å². The van der Waals surface area contributed by atoms with Crippen molar-refractivity contribution >= 4 is 23.7 Å². The molecule has 3 rings (SSSR count). The van der Waals surface area contributed by atoms with Gasteiger partial charge in [0.05, 0.1) is 30.7 Å². The van der Waals surface area contributed by atoms with E-state index in [1.54, 1.807) is 61.5 Å². The van der Waals surface area contributed by atoms with Crippen molar-refractivity contribution in [3.05, 3.63) is 65.7 Å². The fourth-order valence-electron chi connectivity index (χ4n) is 3.99. The molecule has 154 valence electrons. The van der Waals surface area contributed by atoms with Crippen LogP contribution < -0.4 is 5.32 Å². The molecule has 2 aromatic rings. The van der Waals surface area contributed by atoms with E-state index in [0.717, 1.165) is 0 Å². The van der Waals surface area contributed by atoms with Gasteiger partial charge in [-0.3, -0.25) is 4.79 Å². The Kier molecular flexibility index (Phi) is 6.02. The average Bonchev–Trinajstić information content (AvgIpc) is 3.07. The highest BCUT2D eigenvalue weighted by atomic mass is 16.5. The van der Waals surface area contributed by atoms with E-state index in [-0.39, 0.29) is 0 Å². The quantitative estimate of drug-likeness (QED) is 0.752. The van der Waals surface area contributed by atoms with Crippen molar-refractivity contribution in [2.75, 3.05) is 12.4 Å². The Balaban J connectivity index is 2.08. The van der Waals surface area contributed by atoms with Gasteiger partial charge in [-0.25, -0.2) is 9.59 Å². The van der Waals surface area contributed by atoms with Crippen LogP contribution in [0.25, 0.3) is 0 Å². The molecule has 2 amide bonds. The highest BCUT2D eigenvalue weighted by Crippen LogP contribution is 2.46. The predicted octanol–water partition coefficient (Wildman–Crippen LogP) is 3.03. The van der Waals surface area contributed by atoms with E-state index >= 15 is 0 Å². The molecule has 0 aromatic heterocycles. The minimum Gasteiger partial charge on any atom is -0.480 e. The van der Waals surface area contributed by atoms with E-state index in [0.29, 0.717) is 16.8 Å². The molecule has 1 fully saturated rings. The number of methoxy groups -OCH3 is 1. The molecular weight excluding hydrogens is 386 g/mol. The highest BCUT2D eigenvalue weighted by molar-refractivity contribution is 5.94. The summed E-state index contributed by atoms with van der Waals surface area (Å²) >= 11 is 0. The van der Waals surface area contributed by atoms with Crippen molar-refractivity contribution in [1.29, 1.82) is 5.26 Å². The summed E-state index contributed by atoms with van der Waals surface area (Å²) in [5, 5.41) is 21.6. The first-order valence-electron chi connectivity index (χ1n) is 9.34. The Morgan fingerprint density at radius 2 is 1.73 bits per heavy atom. The van der Waals surface area contributed by atoms with E-state index in [2.05, 4.69) is 5.32 Å². The molecule has 1 saturated heterocycles. The normalized spacial score (nSPS) is 22.8. The molecule has 1 aliphatic heterocycles. The second-order valence-corrected chi connectivity index (χ2v) is 7.07. The molecule has 0 saturated carbocycles. The molecule has 30 heavy (non-hydrogen) atoms. The number of esters is 1. The minimum atomic E-state index is -1.24. The van der Waals surface area contributed by atoms with Crippen molar-refractivity contribution < 1.29 is 24.2 Å². The number of urea groups is 1. The van der Waals surface area contributed by atoms with Crippen LogP contribution >= 0.6 is 0 Å². The lowest BCUT2D eigenvalue weighted by Gasteiger charge is -2.30. The zero-order chi connectivity index (χ0) is 21.8. The van der Waals surface area contributed by atoms with E-state index in [1.165, 1.54) is 12.0 Å². The summed E-state index contributed by atoms with van der Waals surface area (Å²) in [6.45, 7) is 1.62. The smallest absolute Gasteiger partial charge is 0.326 e. The van der Waals surface area contributed by atoms with Gasteiger partial charge in [-0.15, -0.1) is 0 Å². The molecule has 0 spiro atoms. The van der Waals surface area contributed by atoms with Crippen molar-refractivity contribution in [3.8, 4) is 6.07 Å². The van der Waals surface area contributed by atoms with Crippen LogP contribution in [0.4, 0.5) is 10.5 Å². The second-order valence-electron chi connectivity index (χ2n) is 7.07. The van der Waals surface area contributed by atoms with E-state index in [4.69, 9.17) is 10.00 Å². The van der Waals surface area contributed by atoms with Gasteiger partial charge in [0, 0.05) is 11.6 Å². The first kappa shape index (κ1) is 20.9. The van der Waals surface area contributed by atoms with Crippen molar-refractivity contribution in [2.45, 2.75) is 19.0 Å². The number of carbonyl (C=O) groups excluding carboxylic acids is 2. The summed E-state index contributed by atoms with van der Waals surface area (Å²) in [7, 11) is 1.23. The SMILES string of the molecule is COC(=O)C1C(C)C(C(=O)O)N(C(=O)Nc2ccccc2)C1c1ccc(C#N)cc1. The number of likely N-dealkylation sites (tertiary alicyclic amines) is 1. The summed E-state index contributed by atoms with van der Waals surface area (Å²) in [4.78, 5) is 39.1. The largest absolute Gasteiger partial charge is 0.480 e. The van der Waals surface area contributed by atoms with Crippen molar-refractivity contribution in [2.24, 2.45) is 11.8 Å². The summed E-state index contributed by atoms with van der Waals surface area (Å²) in [6, 6.07) is 14.3. The zero-order valence-corrected chi connectivity index (χ0v) is 16.5. The van der Waals surface area contributed by atoms with Crippen molar-refractivity contribution in [3.63, 3.8) is 0 Å². The molecule has 1 heterocycles. The maximum atomic E-state index is 13.2. The topological polar surface area (TPSA) is 120 Å². The third-order valence-corrected chi connectivity index (χ3v) is 5.37. The van der Waals surface area contributed by atoms with Crippen LogP contribution in [-0.2, 0) is 14.3 Å². The molecule has 4 unspecified atom stereocenters.